The summed E-state index contributed by atoms with van der Waals surface area (Å²) in [5, 5.41) is 78.5. The number of benzene rings is 2. The first-order valence-electron chi connectivity index (χ1n) is 15.8. The molecule has 7 atom stereocenters. The van der Waals surface area contributed by atoms with Gasteiger partial charge in [-0.2, -0.15) is 0 Å². The van der Waals surface area contributed by atoms with Gasteiger partial charge in [0.25, 0.3) is 0 Å². The van der Waals surface area contributed by atoms with Gasteiger partial charge in [-0.1, -0.05) is 19.1 Å². The van der Waals surface area contributed by atoms with Crippen LogP contribution in [0.1, 0.15) is 59.0 Å². The Hall–Kier alpha value is -4.84. The Morgan fingerprint density at radius 2 is 1.08 bits per heavy atom. The van der Waals surface area contributed by atoms with E-state index < -0.39 is 78.2 Å². The Kier molecular flexibility index (Phi) is 14.7. The third-order valence-corrected chi connectivity index (χ3v) is 7.84. The van der Waals surface area contributed by atoms with E-state index in [4.69, 9.17) is 18.9 Å². The van der Waals surface area contributed by atoms with Gasteiger partial charge < -0.3 is 59.8 Å². The molecule has 51 heavy (non-hydrogen) atoms. The molecule has 2 aliphatic heterocycles. The maximum atomic E-state index is 12.4. The Labute approximate surface area is 292 Å². The van der Waals surface area contributed by atoms with Crippen LogP contribution in [-0.4, -0.2) is 114 Å². The normalized spacial score (nSPS) is 28.3. The quantitative estimate of drug-likeness (QED) is 0.177. The van der Waals surface area contributed by atoms with Gasteiger partial charge in [0, 0.05) is 24.5 Å². The monoisotopic (exact) mass is 718 g/mol. The highest BCUT2D eigenvalue weighted by molar-refractivity contribution is 5.96. The van der Waals surface area contributed by atoms with Crippen molar-refractivity contribution in [2.45, 2.75) is 77.0 Å². The Bertz CT molecular complexity index is 1630. The first-order valence-corrected chi connectivity index (χ1v) is 15.8. The molecule has 278 valence electrons. The van der Waals surface area contributed by atoms with E-state index in [2.05, 4.69) is 0 Å². The summed E-state index contributed by atoms with van der Waals surface area (Å²) in [7, 11) is 0. The molecule has 0 bridgehead atoms. The highest BCUT2D eigenvalue weighted by Gasteiger charge is 2.28. The fourth-order valence-corrected chi connectivity index (χ4v) is 4.78. The summed E-state index contributed by atoms with van der Waals surface area (Å²) in [5.41, 5.74) is -0.0194. The number of carbonyl (C=O) groups excluding carboxylic acids is 4. The molecule has 0 fully saturated rings. The summed E-state index contributed by atoms with van der Waals surface area (Å²) in [6.45, 7) is 3.62. The van der Waals surface area contributed by atoms with Crippen molar-refractivity contribution < 1.29 is 79.0 Å². The van der Waals surface area contributed by atoms with E-state index in [9.17, 15) is 60.0 Å². The van der Waals surface area contributed by atoms with Crippen LogP contribution in [0.4, 0.5) is 0 Å². The second-order valence-corrected chi connectivity index (χ2v) is 12.0. The van der Waals surface area contributed by atoms with Crippen LogP contribution in [0.2, 0.25) is 0 Å². The summed E-state index contributed by atoms with van der Waals surface area (Å²) >= 11 is 0. The van der Waals surface area contributed by atoms with Crippen molar-refractivity contribution in [3.63, 3.8) is 0 Å². The van der Waals surface area contributed by atoms with Crippen molar-refractivity contribution in [3.8, 4) is 23.0 Å². The molecular formula is C35H42O16. The highest BCUT2D eigenvalue weighted by atomic mass is 16.5. The third kappa shape index (κ3) is 11.3. The molecule has 16 nitrogen and oxygen atoms in total. The molecule has 0 aromatic heterocycles. The predicted octanol–water partition coefficient (Wildman–Crippen LogP) is 1.07. The summed E-state index contributed by atoms with van der Waals surface area (Å²) in [6, 6.07) is 4.46. The van der Waals surface area contributed by atoms with Gasteiger partial charge in [-0.25, -0.2) is 9.59 Å². The van der Waals surface area contributed by atoms with Crippen LogP contribution < -0.4 is 0 Å². The number of aromatic hydroxyl groups is 4. The molecule has 0 aliphatic carbocycles. The minimum absolute atomic E-state index is 0.146. The molecule has 2 aromatic carbocycles. The van der Waals surface area contributed by atoms with Crippen molar-refractivity contribution in [3.05, 3.63) is 70.8 Å². The van der Waals surface area contributed by atoms with Crippen LogP contribution in [0.5, 0.6) is 23.0 Å². The average molecular weight is 719 g/mol. The molecule has 4 rings (SSSR count). The molecule has 0 saturated carbocycles. The van der Waals surface area contributed by atoms with Crippen molar-refractivity contribution in [2.75, 3.05) is 13.2 Å². The van der Waals surface area contributed by atoms with Crippen LogP contribution in [0.3, 0.4) is 0 Å². The summed E-state index contributed by atoms with van der Waals surface area (Å²) in [4.78, 5) is 48.3. The Balaban J connectivity index is 0.000000276. The second kappa shape index (κ2) is 18.4. The first kappa shape index (κ1) is 40.6. The van der Waals surface area contributed by atoms with Gasteiger partial charge in [0.15, 0.2) is 11.6 Å². The summed E-state index contributed by atoms with van der Waals surface area (Å²) in [6.07, 6.45) is -2.17. The lowest BCUT2D eigenvalue weighted by Crippen LogP contribution is -2.36. The van der Waals surface area contributed by atoms with Crippen LogP contribution in [0.15, 0.2) is 48.6 Å². The van der Waals surface area contributed by atoms with E-state index >= 15 is 0 Å². The van der Waals surface area contributed by atoms with Crippen LogP contribution in [0.25, 0.3) is 0 Å². The minimum Gasteiger partial charge on any atom is -0.508 e. The molecule has 2 aromatic rings. The maximum absolute atomic E-state index is 12.4. The number of rotatable bonds is 0. The number of hydrogen-bond donors (Lipinski definition) is 8. The maximum Gasteiger partial charge on any atom is 0.342 e. The third-order valence-electron chi connectivity index (χ3n) is 7.84. The standard InChI is InChI=1S/C18H22O8.C17H20O8/c1-9-3-4-13(20)17(23)15(22)8-25-7-11-5-12(19)6-14(21)16(11)18(24)26-10(9)2;1-9-3-2-4-12(19)16(22)14(21)8-24-7-10-5-11(18)6-13(20)15(10)17(23)25-9/h3-6,9-10,15,17,19,21-23H,7-8H2,1-2H3;2,4-6,9,14,16,18,20-22H,3,7-8H2,1H3/b4-3-;4-2-/t9-,10+,15+,17-;9-,14-,16+/m10/s1. The van der Waals surface area contributed by atoms with E-state index in [1.807, 2.05) is 0 Å². The Morgan fingerprint density at radius 3 is 1.57 bits per heavy atom. The molecule has 2 heterocycles. The van der Waals surface area contributed by atoms with Gasteiger partial charge in [0.1, 0.15) is 70.7 Å². The lowest BCUT2D eigenvalue weighted by Gasteiger charge is -2.21. The highest BCUT2D eigenvalue weighted by Crippen LogP contribution is 2.31. The van der Waals surface area contributed by atoms with E-state index in [0.29, 0.717) is 0 Å². The minimum atomic E-state index is -1.66. The van der Waals surface area contributed by atoms with E-state index in [-0.39, 0.29) is 65.9 Å². The number of ketones is 2. The molecule has 0 unspecified atom stereocenters. The molecule has 0 spiro atoms. The van der Waals surface area contributed by atoms with Crippen LogP contribution >= 0.6 is 0 Å². The average Bonchev–Trinajstić information content (AvgIpc) is 3.04. The zero-order chi connectivity index (χ0) is 38.0. The number of phenols is 4. The van der Waals surface area contributed by atoms with E-state index in [1.54, 1.807) is 20.8 Å². The van der Waals surface area contributed by atoms with Gasteiger partial charge in [-0.3, -0.25) is 9.59 Å². The van der Waals surface area contributed by atoms with Crippen molar-refractivity contribution in [1.82, 2.24) is 0 Å². The number of cyclic esters (lactones) is 2. The number of aliphatic hydroxyl groups excluding tert-OH is 4. The first-order chi connectivity index (χ1) is 24.0. The van der Waals surface area contributed by atoms with E-state index in [0.717, 1.165) is 24.3 Å². The number of phenolic OH excluding ortho intramolecular Hbond substituents is 4. The smallest absolute Gasteiger partial charge is 0.342 e. The molecule has 16 heteroatoms. The number of aliphatic hydroxyl groups is 4. The molecule has 8 N–H and O–H groups in total. The topological polar surface area (TPSA) is 267 Å². The molecule has 0 radical (unpaired) electrons. The van der Waals surface area contributed by atoms with Crippen LogP contribution in [-0.2, 0) is 41.8 Å². The predicted molar refractivity (Wildman–Crippen MR) is 175 cm³/mol. The molecular weight excluding hydrogens is 676 g/mol. The zero-order valence-electron chi connectivity index (χ0n) is 28.0. The Morgan fingerprint density at radius 1 is 0.627 bits per heavy atom. The van der Waals surface area contributed by atoms with Gasteiger partial charge >= 0.3 is 11.9 Å². The fraction of sp³-hybridized carbons (Fsp3) is 0.429. The molecule has 2 aliphatic rings. The zero-order valence-corrected chi connectivity index (χ0v) is 28.0. The largest absolute Gasteiger partial charge is 0.508 e. The molecule has 0 amide bonds. The van der Waals surface area contributed by atoms with Crippen molar-refractivity contribution in [2.24, 2.45) is 5.92 Å². The van der Waals surface area contributed by atoms with Crippen molar-refractivity contribution in [1.29, 1.82) is 0 Å². The van der Waals surface area contributed by atoms with Gasteiger partial charge in [-0.15, -0.1) is 0 Å². The number of ether oxygens (including phenoxy) is 4. The van der Waals surface area contributed by atoms with Crippen molar-refractivity contribution >= 4 is 23.5 Å². The van der Waals surface area contributed by atoms with Gasteiger partial charge in [-0.05, 0) is 49.3 Å². The lowest BCUT2D eigenvalue weighted by molar-refractivity contribution is -0.131. The number of fused-ring (bicyclic) bond motifs is 2. The number of hydrogen-bond acceptors (Lipinski definition) is 16. The summed E-state index contributed by atoms with van der Waals surface area (Å²) < 4.78 is 21.0. The van der Waals surface area contributed by atoms with Crippen LogP contribution in [0, 0.1) is 5.92 Å². The fourth-order valence-electron chi connectivity index (χ4n) is 4.78. The number of esters is 2. The van der Waals surface area contributed by atoms with Gasteiger partial charge in [0.2, 0.25) is 0 Å². The SMILES string of the molecule is C[C@@H]1/C=C\C(=O)[C@@H](O)[C@@H](O)COCc2cc(O)cc(O)c2C(=O)O[C@H]1C.C[C@H]1C/C=C\C(=O)[C@@H](O)[C@@H](O)COCc2cc(O)cc(O)c2C(=O)O1. The lowest BCUT2D eigenvalue weighted by atomic mass is 10.0. The van der Waals surface area contributed by atoms with Gasteiger partial charge in [0.05, 0.1) is 26.4 Å². The number of carbonyl (C=O) groups is 4. The summed E-state index contributed by atoms with van der Waals surface area (Å²) in [5.74, 6) is -4.85. The van der Waals surface area contributed by atoms with E-state index in [1.165, 1.54) is 24.3 Å². The second-order valence-electron chi connectivity index (χ2n) is 12.0. The molecule has 0 saturated heterocycles.